The molecule has 0 amide bonds. The van der Waals surface area contributed by atoms with E-state index in [1.54, 1.807) is 0 Å². The maximum absolute atomic E-state index is 9.61. The first kappa shape index (κ1) is 17.1. The van der Waals surface area contributed by atoms with Crippen LogP contribution in [-0.4, -0.2) is 23.7 Å². The normalized spacial score (nSPS) is 23.5. The van der Waals surface area contributed by atoms with Crippen molar-refractivity contribution in [2.24, 2.45) is 0 Å². The predicted molar refractivity (Wildman–Crippen MR) is 108 cm³/mol. The van der Waals surface area contributed by atoms with E-state index in [-0.39, 0.29) is 11.3 Å². The molecule has 0 saturated heterocycles. The third kappa shape index (κ3) is 2.61. The lowest BCUT2D eigenvalue weighted by Crippen LogP contribution is -2.38. The standard InChI is InChI=1S/C22H24BNO2/c1-15-7-6-8-16-14-24(20-12-11-17(23(25)26)13-18(15)20)21-10-5-4-9-19(21)22(16,2)3/h4-13,15,25-26H,14H2,1-3H3/b7-6-,16-8+. The maximum Gasteiger partial charge on any atom is 0.488 e. The summed E-state index contributed by atoms with van der Waals surface area (Å²) >= 11 is 0. The number of rotatable bonds is 1. The van der Waals surface area contributed by atoms with Crippen LogP contribution in [0.1, 0.15) is 37.8 Å². The number of benzene rings is 2. The molecule has 2 aromatic rings. The van der Waals surface area contributed by atoms with Crippen LogP contribution in [0.3, 0.4) is 0 Å². The summed E-state index contributed by atoms with van der Waals surface area (Å²) in [4.78, 5) is 2.36. The summed E-state index contributed by atoms with van der Waals surface area (Å²) in [6, 6.07) is 14.3. The molecule has 2 heterocycles. The first-order chi connectivity index (χ1) is 12.4. The van der Waals surface area contributed by atoms with Crippen molar-refractivity contribution in [3.05, 3.63) is 77.4 Å². The summed E-state index contributed by atoms with van der Waals surface area (Å²) in [7, 11) is -1.45. The Morgan fingerprint density at radius 3 is 2.62 bits per heavy atom. The van der Waals surface area contributed by atoms with Gasteiger partial charge in [-0.15, -0.1) is 0 Å². The van der Waals surface area contributed by atoms with E-state index >= 15 is 0 Å². The fourth-order valence-corrected chi connectivity index (χ4v) is 4.13. The van der Waals surface area contributed by atoms with Crippen molar-refractivity contribution in [1.29, 1.82) is 0 Å². The van der Waals surface area contributed by atoms with Crippen LogP contribution in [0.4, 0.5) is 11.4 Å². The van der Waals surface area contributed by atoms with E-state index in [0.29, 0.717) is 5.46 Å². The summed E-state index contributed by atoms with van der Waals surface area (Å²) in [6.45, 7) is 7.55. The Labute approximate surface area is 155 Å². The van der Waals surface area contributed by atoms with Crippen LogP contribution >= 0.6 is 0 Å². The van der Waals surface area contributed by atoms with E-state index in [1.165, 1.54) is 16.8 Å². The fourth-order valence-electron chi connectivity index (χ4n) is 4.13. The lowest BCUT2D eigenvalue weighted by molar-refractivity contribution is 0.425. The van der Waals surface area contributed by atoms with Gasteiger partial charge >= 0.3 is 7.12 Å². The minimum atomic E-state index is -1.45. The second-order valence-corrected chi connectivity index (χ2v) is 7.79. The number of anilines is 2. The van der Waals surface area contributed by atoms with Crippen LogP contribution < -0.4 is 10.4 Å². The average Bonchev–Trinajstić information content (AvgIpc) is 2.68. The Morgan fingerprint density at radius 1 is 1.08 bits per heavy atom. The topological polar surface area (TPSA) is 43.7 Å². The molecule has 2 N–H and O–H groups in total. The van der Waals surface area contributed by atoms with Gasteiger partial charge in [-0.2, -0.15) is 0 Å². The summed E-state index contributed by atoms with van der Waals surface area (Å²) in [6.07, 6.45) is 6.57. The van der Waals surface area contributed by atoms with E-state index in [0.717, 1.165) is 17.8 Å². The Bertz CT molecular complexity index is 914. The third-order valence-electron chi connectivity index (χ3n) is 5.83. The molecule has 1 atom stereocenters. The summed E-state index contributed by atoms with van der Waals surface area (Å²) < 4.78 is 0. The summed E-state index contributed by atoms with van der Waals surface area (Å²) in [5, 5.41) is 19.2. The third-order valence-corrected chi connectivity index (χ3v) is 5.83. The number of fused-ring (bicyclic) bond motifs is 6. The van der Waals surface area contributed by atoms with Crippen LogP contribution in [-0.2, 0) is 5.41 Å². The largest absolute Gasteiger partial charge is 0.488 e. The van der Waals surface area contributed by atoms with Gasteiger partial charge in [0.15, 0.2) is 0 Å². The molecule has 26 heavy (non-hydrogen) atoms. The van der Waals surface area contributed by atoms with Gasteiger partial charge in [0.05, 0.1) is 0 Å². The Kier molecular flexibility index (Phi) is 4.05. The molecule has 2 aliphatic rings. The lowest BCUT2D eigenvalue weighted by atomic mass is 9.73. The van der Waals surface area contributed by atoms with Crippen molar-refractivity contribution in [3.8, 4) is 0 Å². The zero-order valence-corrected chi connectivity index (χ0v) is 15.5. The SMILES string of the molecule is CC1/C=C\C=C2/CN(c3ccc(B(O)O)cc31)c1ccccc1C2(C)C. The number of allylic oxidation sites excluding steroid dienone is 3. The van der Waals surface area contributed by atoms with Crippen LogP contribution in [0, 0.1) is 0 Å². The second kappa shape index (κ2) is 6.15. The second-order valence-electron chi connectivity index (χ2n) is 7.79. The first-order valence-corrected chi connectivity index (χ1v) is 9.14. The quantitative estimate of drug-likeness (QED) is 0.779. The predicted octanol–water partition coefficient (Wildman–Crippen LogP) is 3.40. The van der Waals surface area contributed by atoms with Crippen LogP contribution in [0.15, 0.2) is 66.3 Å². The highest BCUT2D eigenvalue weighted by molar-refractivity contribution is 6.58. The van der Waals surface area contributed by atoms with Crippen molar-refractivity contribution < 1.29 is 10.0 Å². The number of nitrogens with zero attached hydrogens (tertiary/aromatic N) is 1. The van der Waals surface area contributed by atoms with Gasteiger partial charge in [-0.3, -0.25) is 0 Å². The molecule has 0 radical (unpaired) electrons. The Morgan fingerprint density at radius 2 is 1.85 bits per heavy atom. The van der Waals surface area contributed by atoms with Gasteiger partial charge < -0.3 is 14.9 Å². The highest BCUT2D eigenvalue weighted by Crippen LogP contribution is 2.47. The lowest BCUT2D eigenvalue weighted by Gasteiger charge is -2.43. The van der Waals surface area contributed by atoms with Gasteiger partial charge in [0.25, 0.3) is 0 Å². The smallest absolute Gasteiger partial charge is 0.423 e. The molecule has 1 unspecified atom stereocenters. The van der Waals surface area contributed by atoms with E-state index in [1.807, 2.05) is 18.2 Å². The summed E-state index contributed by atoms with van der Waals surface area (Å²) in [5.74, 6) is 0.176. The van der Waals surface area contributed by atoms with E-state index < -0.39 is 7.12 Å². The fraction of sp³-hybridized carbons (Fsp3) is 0.273. The molecule has 0 aromatic heterocycles. The van der Waals surface area contributed by atoms with Gasteiger partial charge in [-0.05, 0) is 34.3 Å². The monoisotopic (exact) mass is 345 g/mol. The number of para-hydroxylation sites is 1. The van der Waals surface area contributed by atoms with Gasteiger partial charge in [-0.1, -0.05) is 69.3 Å². The molecule has 0 spiro atoms. The molecule has 132 valence electrons. The molecule has 2 aliphatic heterocycles. The zero-order chi connectivity index (χ0) is 18.5. The van der Waals surface area contributed by atoms with Gasteiger partial charge in [0.2, 0.25) is 0 Å². The molecular weight excluding hydrogens is 321 g/mol. The van der Waals surface area contributed by atoms with Crippen LogP contribution in [0.5, 0.6) is 0 Å². The van der Waals surface area contributed by atoms with Crippen molar-refractivity contribution in [2.75, 3.05) is 11.4 Å². The Balaban J connectivity index is 1.99. The molecule has 3 nitrogen and oxygen atoms in total. The van der Waals surface area contributed by atoms with Gasteiger partial charge in [0.1, 0.15) is 0 Å². The van der Waals surface area contributed by atoms with E-state index in [4.69, 9.17) is 0 Å². The van der Waals surface area contributed by atoms with Crippen molar-refractivity contribution >= 4 is 24.0 Å². The minimum absolute atomic E-state index is 0.0214. The van der Waals surface area contributed by atoms with E-state index in [2.05, 4.69) is 68.2 Å². The maximum atomic E-state index is 9.61. The first-order valence-electron chi connectivity index (χ1n) is 9.14. The van der Waals surface area contributed by atoms with Crippen LogP contribution in [0.2, 0.25) is 0 Å². The number of hydrogen-bond donors (Lipinski definition) is 2. The molecule has 0 fully saturated rings. The van der Waals surface area contributed by atoms with E-state index in [9.17, 15) is 10.0 Å². The highest BCUT2D eigenvalue weighted by Gasteiger charge is 2.36. The Hall–Kier alpha value is -2.30. The zero-order valence-electron chi connectivity index (χ0n) is 15.5. The van der Waals surface area contributed by atoms with Crippen LogP contribution in [0.25, 0.3) is 0 Å². The molecule has 4 heteroatoms. The van der Waals surface area contributed by atoms with Gasteiger partial charge in [0, 0.05) is 29.3 Å². The average molecular weight is 345 g/mol. The molecule has 0 saturated carbocycles. The molecule has 0 aliphatic carbocycles. The molecule has 4 rings (SSSR count). The van der Waals surface area contributed by atoms with Crippen molar-refractivity contribution in [1.82, 2.24) is 0 Å². The van der Waals surface area contributed by atoms with Crippen molar-refractivity contribution in [2.45, 2.75) is 32.1 Å². The van der Waals surface area contributed by atoms with Gasteiger partial charge in [-0.25, -0.2) is 0 Å². The minimum Gasteiger partial charge on any atom is -0.423 e. The van der Waals surface area contributed by atoms with Crippen molar-refractivity contribution in [3.63, 3.8) is 0 Å². The molecule has 2 bridgehead atoms. The molecular formula is C22H24BNO2. The summed E-state index contributed by atoms with van der Waals surface area (Å²) in [5.41, 5.74) is 6.66. The molecule has 2 aromatic carbocycles. The highest BCUT2D eigenvalue weighted by atomic mass is 16.4. The number of hydrogen-bond acceptors (Lipinski definition) is 3.